The van der Waals surface area contributed by atoms with Crippen molar-refractivity contribution in [1.29, 1.82) is 0 Å². The van der Waals surface area contributed by atoms with Crippen molar-refractivity contribution in [1.82, 2.24) is 20.1 Å². The van der Waals surface area contributed by atoms with E-state index in [0.717, 1.165) is 27.7 Å². The van der Waals surface area contributed by atoms with E-state index in [-0.39, 0.29) is 12.5 Å². The molecule has 0 fully saturated rings. The summed E-state index contributed by atoms with van der Waals surface area (Å²) in [6.45, 7) is 2.23. The van der Waals surface area contributed by atoms with Crippen LogP contribution in [0, 0.1) is 6.92 Å². The zero-order chi connectivity index (χ0) is 25.5. The molecule has 0 aliphatic carbocycles. The highest BCUT2D eigenvalue weighted by atomic mass is 32.2. The molecule has 1 heterocycles. The first-order chi connectivity index (χ1) is 17.5. The minimum absolute atomic E-state index is 0.189. The Hall–Kier alpha value is -3.98. The summed E-state index contributed by atoms with van der Waals surface area (Å²) in [5, 5.41) is 12.5. The zero-order valence-electron chi connectivity index (χ0n) is 20.6. The summed E-state index contributed by atoms with van der Waals surface area (Å²) in [7, 11) is 4.74. The Morgan fingerprint density at radius 3 is 2.39 bits per heavy atom. The normalized spacial score (nSPS) is 10.7. The monoisotopic (exact) mass is 504 g/mol. The van der Waals surface area contributed by atoms with Crippen LogP contribution in [0.25, 0.3) is 5.69 Å². The molecule has 4 aromatic rings. The van der Waals surface area contributed by atoms with E-state index in [1.54, 1.807) is 44.2 Å². The third-order valence-electron chi connectivity index (χ3n) is 5.56. The number of hydrogen-bond donors (Lipinski definition) is 1. The van der Waals surface area contributed by atoms with Crippen LogP contribution in [0.4, 0.5) is 0 Å². The lowest BCUT2D eigenvalue weighted by molar-refractivity contribution is 0.0946. The predicted molar refractivity (Wildman–Crippen MR) is 139 cm³/mol. The van der Waals surface area contributed by atoms with Crippen LogP contribution in [-0.4, -0.2) is 42.0 Å². The second-order valence-electron chi connectivity index (χ2n) is 7.96. The van der Waals surface area contributed by atoms with Crippen LogP contribution < -0.4 is 19.5 Å². The fraction of sp³-hybridized carbons (Fsp3) is 0.222. The molecule has 1 aromatic heterocycles. The number of carbonyl (C=O) groups excluding carboxylic acids is 1. The van der Waals surface area contributed by atoms with E-state index in [4.69, 9.17) is 14.2 Å². The molecule has 3 aromatic carbocycles. The highest BCUT2D eigenvalue weighted by molar-refractivity contribution is 7.98. The van der Waals surface area contributed by atoms with E-state index in [1.807, 2.05) is 60.0 Å². The van der Waals surface area contributed by atoms with Gasteiger partial charge in [-0.1, -0.05) is 41.6 Å². The zero-order valence-corrected chi connectivity index (χ0v) is 21.5. The number of hydrogen-bond acceptors (Lipinski definition) is 7. The summed E-state index contributed by atoms with van der Waals surface area (Å²) in [5.74, 6) is 2.88. The Bertz CT molecular complexity index is 1340. The maximum atomic E-state index is 13.0. The fourth-order valence-corrected chi connectivity index (χ4v) is 4.53. The Morgan fingerprint density at radius 1 is 0.917 bits per heavy atom. The van der Waals surface area contributed by atoms with Crippen LogP contribution in [0.1, 0.15) is 27.3 Å². The molecule has 0 saturated carbocycles. The molecule has 0 aliphatic heterocycles. The Labute approximate surface area is 214 Å². The van der Waals surface area contributed by atoms with E-state index in [1.165, 1.54) is 7.11 Å². The minimum Gasteiger partial charge on any atom is -0.497 e. The SMILES string of the molecule is COc1cccc(CSc2nnc(CNC(=O)c3ccc(OC)cc3OC)n2-c2ccc(C)cc2)c1. The van der Waals surface area contributed by atoms with E-state index in [0.29, 0.717) is 28.6 Å². The van der Waals surface area contributed by atoms with E-state index in [2.05, 4.69) is 15.5 Å². The van der Waals surface area contributed by atoms with Crippen LogP contribution in [-0.2, 0) is 12.3 Å². The predicted octanol–water partition coefficient (Wildman–Crippen LogP) is 4.82. The number of rotatable bonds is 10. The number of nitrogens with one attached hydrogen (secondary N) is 1. The molecule has 0 aliphatic rings. The molecular formula is C27H28N4O4S. The van der Waals surface area contributed by atoms with Gasteiger partial charge in [0.15, 0.2) is 11.0 Å². The van der Waals surface area contributed by atoms with Gasteiger partial charge < -0.3 is 19.5 Å². The van der Waals surface area contributed by atoms with Crippen molar-refractivity contribution in [3.05, 3.63) is 89.2 Å². The molecule has 1 amide bonds. The van der Waals surface area contributed by atoms with Crippen LogP contribution >= 0.6 is 11.8 Å². The van der Waals surface area contributed by atoms with Gasteiger partial charge in [0, 0.05) is 17.5 Å². The van der Waals surface area contributed by atoms with E-state index in [9.17, 15) is 4.79 Å². The van der Waals surface area contributed by atoms with Crippen molar-refractivity contribution in [3.8, 4) is 22.9 Å². The summed E-state index contributed by atoms with van der Waals surface area (Å²) in [4.78, 5) is 13.0. The number of amides is 1. The molecular weight excluding hydrogens is 476 g/mol. The van der Waals surface area contributed by atoms with Gasteiger partial charge in [0.05, 0.1) is 33.4 Å². The summed E-state index contributed by atoms with van der Waals surface area (Å²) in [6.07, 6.45) is 0. The van der Waals surface area contributed by atoms with Crippen molar-refractivity contribution in [2.45, 2.75) is 24.4 Å². The Morgan fingerprint density at radius 2 is 1.67 bits per heavy atom. The summed E-state index contributed by atoms with van der Waals surface area (Å²) < 4.78 is 17.9. The second-order valence-corrected chi connectivity index (χ2v) is 8.90. The molecule has 0 unspecified atom stereocenters. The van der Waals surface area contributed by atoms with Gasteiger partial charge in [0.2, 0.25) is 0 Å². The quantitative estimate of drug-likeness (QED) is 0.310. The van der Waals surface area contributed by atoms with Crippen molar-refractivity contribution in [2.24, 2.45) is 0 Å². The lowest BCUT2D eigenvalue weighted by Crippen LogP contribution is -2.25. The first-order valence-electron chi connectivity index (χ1n) is 11.3. The topological polar surface area (TPSA) is 87.5 Å². The average Bonchev–Trinajstić information content (AvgIpc) is 3.33. The van der Waals surface area contributed by atoms with Gasteiger partial charge >= 0.3 is 0 Å². The van der Waals surface area contributed by atoms with Crippen molar-refractivity contribution in [2.75, 3.05) is 21.3 Å². The minimum atomic E-state index is -0.279. The van der Waals surface area contributed by atoms with Gasteiger partial charge in [0.1, 0.15) is 17.2 Å². The van der Waals surface area contributed by atoms with Crippen molar-refractivity contribution in [3.63, 3.8) is 0 Å². The molecule has 0 atom stereocenters. The first kappa shape index (κ1) is 25.1. The van der Waals surface area contributed by atoms with E-state index >= 15 is 0 Å². The number of nitrogens with zero attached hydrogens (tertiary/aromatic N) is 3. The van der Waals surface area contributed by atoms with Crippen LogP contribution in [0.2, 0.25) is 0 Å². The molecule has 0 radical (unpaired) electrons. The molecule has 0 spiro atoms. The van der Waals surface area contributed by atoms with Gasteiger partial charge in [0.25, 0.3) is 5.91 Å². The maximum absolute atomic E-state index is 13.0. The summed E-state index contributed by atoms with van der Waals surface area (Å²) in [5.41, 5.74) is 3.59. The fourth-order valence-electron chi connectivity index (χ4n) is 3.61. The first-order valence-corrected chi connectivity index (χ1v) is 12.3. The number of aromatic nitrogens is 3. The molecule has 9 heteroatoms. The third kappa shape index (κ3) is 5.80. The Balaban J connectivity index is 1.57. The molecule has 0 saturated heterocycles. The largest absolute Gasteiger partial charge is 0.497 e. The van der Waals surface area contributed by atoms with Crippen molar-refractivity contribution >= 4 is 17.7 Å². The highest BCUT2D eigenvalue weighted by Crippen LogP contribution is 2.28. The lowest BCUT2D eigenvalue weighted by Gasteiger charge is -2.13. The lowest BCUT2D eigenvalue weighted by atomic mass is 10.1. The number of thioether (sulfide) groups is 1. The summed E-state index contributed by atoms with van der Waals surface area (Å²) >= 11 is 1.57. The Kier molecular flexibility index (Phi) is 8.12. The molecule has 36 heavy (non-hydrogen) atoms. The third-order valence-corrected chi connectivity index (χ3v) is 6.56. The number of aryl methyl sites for hydroxylation is 1. The number of ether oxygens (including phenoxy) is 3. The number of methoxy groups -OCH3 is 3. The van der Waals surface area contributed by atoms with Gasteiger partial charge in [-0.25, -0.2) is 0 Å². The van der Waals surface area contributed by atoms with Gasteiger partial charge in [-0.3, -0.25) is 9.36 Å². The molecule has 1 N–H and O–H groups in total. The van der Waals surface area contributed by atoms with Gasteiger partial charge in [-0.05, 0) is 48.9 Å². The molecule has 8 nitrogen and oxygen atoms in total. The highest BCUT2D eigenvalue weighted by Gasteiger charge is 2.18. The molecule has 0 bridgehead atoms. The van der Waals surface area contributed by atoms with Crippen LogP contribution in [0.5, 0.6) is 17.2 Å². The smallest absolute Gasteiger partial charge is 0.255 e. The van der Waals surface area contributed by atoms with E-state index < -0.39 is 0 Å². The van der Waals surface area contributed by atoms with Crippen LogP contribution in [0.3, 0.4) is 0 Å². The number of carbonyl (C=O) groups is 1. The second kappa shape index (κ2) is 11.6. The van der Waals surface area contributed by atoms with Gasteiger partial charge in [-0.15, -0.1) is 10.2 Å². The number of benzene rings is 3. The van der Waals surface area contributed by atoms with Gasteiger partial charge in [-0.2, -0.15) is 0 Å². The summed E-state index contributed by atoms with van der Waals surface area (Å²) in [6, 6.07) is 21.1. The van der Waals surface area contributed by atoms with Crippen LogP contribution in [0.15, 0.2) is 71.9 Å². The average molecular weight is 505 g/mol. The molecule has 4 rings (SSSR count). The maximum Gasteiger partial charge on any atom is 0.255 e. The standard InChI is InChI=1S/C27H28N4O4S/c1-18-8-10-20(11-9-18)31-25(16-28-26(32)23-13-12-22(34-3)15-24(23)35-4)29-30-27(31)36-17-19-6-5-7-21(14-19)33-2/h5-15H,16-17H2,1-4H3,(H,28,32). The van der Waals surface area contributed by atoms with Crippen molar-refractivity contribution < 1.29 is 19.0 Å². The molecule has 186 valence electrons.